The third kappa shape index (κ3) is 5.16. The number of nitrogens with zero attached hydrogens (tertiary/aromatic N) is 2. The topological polar surface area (TPSA) is 142 Å². The molecule has 0 aliphatic carbocycles. The van der Waals surface area contributed by atoms with Gasteiger partial charge in [-0.05, 0) is 31.9 Å². The minimum absolute atomic E-state index is 0.0651. The van der Waals surface area contributed by atoms with Crippen molar-refractivity contribution in [2.45, 2.75) is 19.8 Å². The van der Waals surface area contributed by atoms with Crippen molar-refractivity contribution in [3.05, 3.63) is 33.9 Å². The lowest BCUT2D eigenvalue weighted by Crippen LogP contribution is -2.42. The van der Waals surface area contributed by atoms with Crippen molar-refractivity contribution >= 4 is 29.2 Å². The SMILES string of the molecule is CCOC(=O)C1CCN(C(=O)COC(=O)c2ccc(N)c([N+](=O)[O-])c2)CC1. The second-order valence-electron chi connectivity index (χ2n) is 6.01. The first-order chi connectivity index (χ1) is 12.8. The summed E-state index contributed by atoms with van der Waals surface area (Å²) >= 11 is 0. The fourth-order valence-corrected chi connectivity index (χ4v) is 2.76. The average Bonchev–Trinajstić information content (AvgIpc) is 2.66. The summed E-state index contributed by atoms with van der Waals surface area (Å²) in [6, 6.07) is 3.53. The molecule has 0 bridgehead atoms. The quantitative estimate of drug-likeness (QED) is 0.335. The Hall–Kier alpha value is -3.17. The van der Waals surface area contributed by atoms with Gasteiger partial charge in [-0.3, -0.25) is 19.7 Å². The molecule has 0 spiro atoms. The van der Waals surface area contributed by atoms with Crippen molar-refractivity contribution in [1.82, 2.24) is 4.90 Å². The summed E-state index contributed by atoms with van der Waals surface area (Å²) in [5.41, 5.74) is 4.93. The predicted octanol–water partition coefficient (Wildman–Crippen LogP) is 1.14. The highest BCUT2D eigenvalue weighted by molar-refractivity contribution is 5.92. The van der Waals surface area contributed by atoms with Crippen molar-refractivity contribution in [3.8, 4) is 0 Å². The molecule has 2 N–H and O–H groups in total. The van der Waals surface area contributed by atoms with Crippen LogP contribution in [0.15, 0.2) is 18.2 Å². The first-order valence-corrected chi connectivity index (χ1v) is 8.49. The summed E-state index contributed by atoms with van der Waals surface area (Å²) in [7, 11) is 0. The number of rotatable bonds is 6. The van der Waals surface area contributed by atoms with Crippen LogP contribution >= 0.6 is 0 Å². The van der Waals surface area contributed by atoms with Gasteiger partial charge >= 0.3 is 11.9 Å². The molecular weight excluding hydrogens is 358 g/mol. The molecule has 1 aliphatic rings. The Kier molecular flexibility index (Phi) is 6.69. The number of hydrogen-bond acceptors (Lipinski definition) is 8. The Morgan fingerprint density at radius 3 is 2.52 bits per heavy atom. The van der Waals surface area contributed by atoms with E-state index in [2.05, 4.69) is 0 Å². The van der Waals surface area contributed by atoms with Crippen molar-refractivity contribution in [2.24, 2.45) is 5.92 Å². The van der Waals surface area contributed by atoms with Gasteiger partial charge in [0.15, 0.2) is 6.61 Å². The zero-order chi connectivity index (χ0) is 20.0. The van der Waals surface area contributed by atoms with Gasteiger partial charge in [0.05, 0.1) is 23.0 Å². The minimum atomic E-state index is -0.854. The van der Waals surface area contributed by atoms with E-state index in [1.807, 2.05) is 0 Å². The van der Waals surface area contributed by atoms with Gasteiger partial charge in [0.25, 0.3) is 11.6 Å². The Morgan fingerprint density at radius 1 is 1.26 bits per heavy atom. The van der Waals surface area contributed by atoms with Crippen molar-refractivity contribution in [2.75, 3.05) is 32.0 Å². The lowest BCUT2D eigenvalue weighted by molar-refractivity contribution is -0.383. The molecule has 1 fully saturated rings. The number of carbonyl (C=O) groups is 3. The smallest absolute Gasteiger partial charge is 0.338 e. The number of benzene rings is 1. The standard InChI is InChI=1S/C17H21N3O7/c1-2-26-16(22)11-5-7-19(8-6-11)15(21)10-27-17(23)12-3-4-13(18)14(9-12)20(24)25/h3-4,9,11H,2,5-8,10,18H2,1H3. The number of likely N-dealkylation sites (tertiary alicyclic amines) is 1. The summed E-state index contributed by atoms with van der Waals surface area (Å²) in [5.74, 6) is -1.74. The van der Waals surface area contributed by atoms with Crippen LogP contribution in [0.3, 0.4) is 0 Å². The van der Waals surface area contributed by atoms with E-state index in [1.165, 1.54) is 17.0 Å². The molecule has 0 atom stereocenters. The molecule has 0 aromatic heterocycles. The summed E-state index contributed by atoms with van der Waals surface area (Å²) in [6.07, 6.45) is 0.978. The van der Waals surface area contributed by atoms with Gasteiger partial charge in [0.1, 0.15) is 5.69 Å². The molecule has 1 amide bonds. The number of piperidine rings is 1. The maximum absolute atomic E-state index is 12.2. The van der Waals surface area contributed by atoms with Gasteiger partial charge < -0.3 is 20.1 Å². The number of nitro groups is 1. The second-order valence-corrected chi connectivity index (χ2v) is 6.01. The molecule has 1 saturated heterocycles. The van der Waals surface area contributed by atoms with Crippen LogP contribution in [0.2, 0.25) is 0 Å². The molecule has 0 saturated carbocycles. The van der Waals surface area contributed by atoms with Gasteiger partial charge in [-0.1, -0.05) is 0 Å². The van der Waals surface area contributed by atoms with E-state index in [0.29, 0.717) is 32.5 Å². The van der Waals surface area contributed by atoms with E-state index in [-0.39, 0.29) is 23.1 Å². The summed E-state index contributed by atoms with van der Waals surface area (Å²) in [6.45, 7) is 2.30. The number of hydrogen-bond donors (Lipinski definition) is 1. The van der Waals surface area contributed by atoms with E-state index >= 15 is 0 Å². The molecule has 27 heavy (non-hydrogen) atoms. The number of nitrogen functional groups attached to an aromatic ring is 1. The first-order valence-electron chi connectivity index (χ1n) is 8.49. The van der Waals surface area contributed by atoms with Gasteiger partial charge in [-0.15, -0.1) is 0 Å². The Morgan fingerprint density at radius 2 is 1.93 bits per heavy atom. The van der Waals surface area contributed by atoms with Gasteiger partial charge in [-0.25, -0.2) is 4.79 Å². The maximum atomic E-state index is 12.2. The van der Waals surface area contributed by atoms with Crippen molar-refractivity contribution in [1.29, 1.82) is 0 Å². The molecule has 0 radical (unpaired) electrons. The molecule has 0 unspecified atom stereocenters. The third-order valence-corrected chi connectivity index (χ3v) is 4.26. The third-order valence-electron chi connectivity index (χ3n) is 4.26. The normalized spacial score (nSPS) is 14.5. The number of nitrogens with two attached hydrogens (primary N) is 1. The van der Waals surface area contributed by atoms with Crippen LogP contribution in [0.4, 0.5) is 11.4 Å². The van der Waals surface area contributed by atoms with E-state index in [4.69, 9.17) is 15.2 Å². The van der Waals surface area contributed by atoms with Crippen molar-refractivity contribution < 1.29 is 28.8 Å². The predicted molar refractivity (Wildman–Crippen MR) is 93.7 cm³/mol. The highest BCUT2D eigenvalue weighted by atomic mass is 16.6. The molecular formula is C17H21N3O7. The van der Waals surface area contributed by atoms with Crippen LogP contribution in [-0.4, -0.2) is 54.0 Å². The number of nitro benzene ring substituents is 1. The summed E-state index contributed by atoms with van der Waals surface area (Å²) < 4.78 is 9.92. The van der Waals surface area contributed by atoms with Crippen LogP contribution < -0.4 is 5.73 Å². The largest absolute Gasteiger partial charge is 0.466 e. The van der Waals surface area contributed by atoms with Gasteiger partial charge in [0, 0.05) is 19.2 Å². The molecule has 1 aliphatic heterocycles. The van der Waals surface area contributed by atoms with Gasteiger partial charge in [-0.2, -0.15) is 0 Å². The summed E-state index contributed by atoms with van der Waals surface area (Å²) in [4.78, 5) is 47.5. The molecule has 10 heteroatoms. The second kappa shape index (κ2) is 8.97. The Labute approximate surface area is 155 Å². The summed E-state index contributed by atoms with van der Waals surface area (Å²) in [5, 5.41) is 10.9. The van der Waals surface area contributed by atoms with E-state index in [1.54, 1.807) is 6.92 Å². The van der Waals surface area contributed by atoms with Crippen LogP contribution in [0.1, 0.15) is 30.1 Å². The highest BCUT2D eigenvalue weighted by Gasteiger charge is 2.28. The van der Waals surface area contributed by atoms with E-state index in [9.17, 15) is 24.5 Å². The van der Waals surface area contributed by atoms with Crippen LogP contribution in [0.25, 0.3) is 0 Å². The Bertz CT molecular complexity index is 742. The molecule has 1 aromatic rings. The highest BCUT2D eigenvalue weighted by Crippen LogP contribution is 2.23. The zero-order valence-corrected chi connectivity index (χ0v) is 14.9. The average molecular weight is 379 g/mol. The zero-order valence-electron chi connectivity index (χ0n) is 14.9. The monoisotopic (exact) mass is 379 g/mol. The number of ether oxygens (including phenoxy) is 2. The fourth-order valence-electron chi connectivity index (χ4n) is 2.76. The van der Waals surface area contributed by atoms with Crippen LogP contribution in [0, 0.1) is 16.0 Å². The van der Waals surface area contributed by atoms with Gasteiger partial charge in [0.2, 0.25) is 0 Å². The minimum Gasteiger partial charge on any atom is -0.466 e. The number of amides is 1. The Balaban J connectivity index is 1.85. The molecule has 1 aromatic carbocycles. The number of anilines is 1. The lowest BCUT2D eigenvalue weighted by atomic mass is 9.97. The van der Waals surface area contributed by atoms with E-state index < -0.39 is 29.1 Å². The number of carbonyl (C=O) groups excluding carboxylic acids is 3. The van der Waals surface area contributed by atoms with Crippen LogP contribution in [-0.2, 0) is 19.1 Å². The van der Waals surface area contributed by atoms with Crippen molar-refractivity contribution in [3.63, 3.8) is 0 Å². The van der Waals surface area contributed by atoms with E-state index in [0.717, 1.165) is 6.07 Å². The molecule has 10 nitrogen and oxygen atoms in total. The first kappa shape index (κ1) is 20.1. The maximum Gasteiger partial charge on any atom is 0.338 e. The number of esters is 2. The molecule has 146 valence electrons. The molecule has 1 heterocycles. The van der Waals surface area contributed by atoms with Crippen LogP contribution in [0.5, 0.6) is 0 Å². The molecule has 2 rings (SSSR count). The lowest BCUT2D eigenvalue weighted by Gasteiger charge is -2.30. The fraction of sp³-hybridized carbons (Fsp3) is 0.471.